The Balaban J connectivity index is 2.57. The van der Waals surface area contributed by atoms with E-state index in [9.17, 15) is 4.79 Å². The molecule has 0 amide bonds. The van der Waals surface area contributed by atoms with Gasteiger partial charge in [0.1, 0.15) is 11.4 Å². The maximum Gasteiger partial charge on any atom is 0.338 e. The first kappa shape index (κ1) is 13.7. The van der Waals surface area contributed by atoms with Gasteiger partial charge in [0.2, 0.25) is 0 Å². The van der Waals surface area contributed by atoms with Crippen LogP contribution < -0.4 is 0 Å². The zero-order valence-electron chi connectivity index (χ0n) is 11.9. The third kappa shape index (κ3) is 2.37. The van der Waals surface area contributed by atoms with Gasteiger partial charge < -0.3 is 9.47 Å². The van der Waals surface area contributed by atoms with Crippen molar-refractivity contribution in [3.8, 4) is 0 Å². The highest BCUT2D eigenvalue weighted by atomic mass is 16.6. The Morgan fingerprint density at radius 2 is 1.95 bits per heavy atom. The van der Waals surface area contributed by atoms with Gasteiger partial charge in [-0.1, -0.05) is 37.3 Å². The number of cyclic esters (lactones) is 1. The second-order valence-corrected chi connectivity index (χ2v) is 5.27. The van der Waals surface area contributed by atoms with Crippen molar-refractivity contribution in [2.45, 2.75) is 32.8 Å². The summed E-state index contributed by atoms with van der Waals surface area (Å²) in [7, 11) is 1.60. The first-order valence-corrected chi connectivity index (χ1v) is 6.58. The number of hydrogen-bond acceptors (Lipinski definition) is 3. The Bertz CT molecular complexity index is 500. The molecule has 2 rings (SSSR count). The second kappa shape index (κ2) is 5.08. The van der Waals surface area contributed by atoms with Crippen LogP contribution in [-0.2, 0) is 14.3 Å². The van der Waals surface area contributed by atoms with Crippen LogP contribution in [0.25, 0.3) is 5.76 Å². The average molecular weight is 260 g/mol. The van der Waals surface area contributed by atoms with E-state index in [4.69, 9.17) is 9.47 Å². The van der Waals surface area contributed by atoms with Gasteiger partial charge in [0.25, 0.3) is 0 Å². The number of methoxy groups -OCH3 is 1. The molecule has 0 aromatic heterocycles. The highest BCUT2D eigenvalue weighted by Gasteiger charge is 2.47. The molecule has 0 saturated carbocycles. The highest BCUT2D eigenvalue weighted by molar-refractivity contribution is 5.99. The second-order valence-electron chi connectivity index (χ2n) is 5.27. The molecule has 1 saturated heterocycles. The van der Waals surface area contributed by atoms with Gasteiger partial charge in [0.15, 0.2) is 0 Å². The van der Waals surface area contributed by atoms with E-state index in [1.807, 2.05) is 44.2 Å². The molecule has 0 radical (unpaired) electrons. The van der Waals surface area contributed by atoms with Crippen LogP contribution in [0.3, 0.4) is 0 Å². The molecular formula is C16H20O3. The van der Waals surface area contributed by atoms with Gasteiger partial charge in [-0.15, -0.1) is 0 Å². The van der Waals surface area contributed by atoms with Crippen LogP contribution in [0.2, 0.25) is 0 Å². The van der Waals surface area contributed by atoms with Crippen molar-refractivity contribution in [2.24, 2.45) is 5.92 Å². The summed E-state index contributed by atoms with van der Waals surface area (Å²) >= 11 is 0. The standard InChI is InChI=1S/C16H20O3/c1-5-12-13(15(17)19-16(12,2)3)14(18-4)11-9-7-6-8-10-11/h6-10,12H,5H2,1-4H3. The normalized spacial score (nSPS) is 24.0. The fourth-order valence-corrected chi connectivity index (χ4v) is 2.77. The van der Waals surface area contributed by atoms with Crippen molar-refractivity contribution in [1.82, 2.24) is 0 Å². The van der Waals surface area contributed by atoms with Crippen LogP contribution in [0.4, 0.5) is 0 Å². The van der Waals surface area contributed by atoms with E-state index < -0.39 is 5.60 Å². The van der Waals surface area contributed by atoms with E-state index >= 15 is 0 Å². The molecular weight excluding hydrogens is 240 g/mol. The van der Waals surface area contributed by atoms with Crippen LogP contribution >= 0.6 is 0 Å². The molecule has 1 aromatic rings. The molecule has 1 heterocycles. The quantitative estimate of drug-likeness (QED) is 0.474. The number of rotatable bonds is 3. The Hall–Kier alpha value is -1.77. The predicted molar refractivity (Wildman–Crippen MR) is 74.3 cm³/mol. The lowest BCUT2D eigenvalue weighted by atomic mass is 9.84. The summed E-state index contributed by atoms with van der Waals surface area (Å²) in [4.78, 5) is 12.2. The largest absolute Gasteiger partial charge is 0.496 e. The molecule has 1 aliphatic rings. The first-order valence-electron chi connectivity index (χ1n) is 6.58. The lowest BCUT2D eigenvalue weighted by Gasteiger charge is -2.24. The molecule has 1 atom stereocenters. The van der Waals surface area contributed by atoms with Crippen molar-refractivity contribution in [3.05, 3.63) is 41.5 Å². The molecule has 3 heteroatoms. The molecule has 0 spiro atoms. The molecule has 1 fully saturated rings. The van der Waals surface area contributed by atoms with Crippen LogP contribution in [0.5, 0.6) is 0 Å². The molecule has 19 heavy (non-hydrogen) atoms. The summed E-state index contributed by atoms with van der Waals surface area (Å²) in [5.74, 6) is 0.413. The van der Waals surface area contributed by atoms with Crippen LogP contribution in [0.1, 0.15) is 32.8 Å². The van der Waals surface area contributed by atoms with Crippen LogP contribution in [0, 0.1) is 5.92 Å². The van der Waals surface area contributed by atoms with Gasteiger partial charge >= 0.3 is 5.97 Å². The highest BCUT2D eigenvalue weighted by Crippen LogP contribution is 2.42. The maximum atomic E-state index is 12.2. The Morgan fingerprint density at radius 1 is 1.32 bits per heavy atom. The summed E-state index contributed by atoms with van der Waals surface area (Å²) < 4.78 is 11.0. The SMILES string of the molecule is CCC1C(=C(OC)c2ccccc2)C(=O)OC1(C)C. The minimum atomic E-state index is -0.472. The fraction of sp³-hybridized carbons (Fsp3) is 0.438. The van der Waals surface area contributed by atoms with E-state index in [1.165, 1.54) is 0 Å². The number of hydrogen-bond donors (Lipinski definition) is 0. The van der Waals surface area contributed by atoms with Crippen molar-refractivity contribution in [3.63, 3.8) is 0 Å². The summed E-state index contributed by atoms with van der Waals surface area (Å²) in [6, 6.07) is 9.69. The monoisotopic (exact) mass is 260 g/mol. The van der Waals surface area contributed by atoms with E-state index in [2.05, 4.69) is 6.92 Å². The molecule has 0 bridgehead atoms. The summed E-state index contributed by atoms with van der Waals surface area (Å²) in [6.07, 6.45) is 0.841. The van der Waals surface area contributed by atoms with Gasteiger partial charge in [-0.25, -0.2) is 4.79 Å². The molecule has 1 aromatic carbocycles. The molecule has 0 aliphatic carbocycles. The third-order valence-corrected chi connectivity index (χ3v) is 3.66. The number of carbonyl (C=O) groups excluding carboxylic acids is 1. The minimum Gasteiger partial charge on any atom is -0.496 e. The lowest BCUT2D eigenvalue weighted by molar-refractivity contribution is -0.144. The number of esters is 1. The molecule has 102 valence electrons. The zero-order valence-corrected chi connectivity index (χ0v) is 11.9. The van der Waals surface area contributed by atoms with Crippen molar-refractivity contribution in [1.29, 1.82) is 0 Å². The van der Waals surface area contributed by atoms with Gasteiger partial charge in [-0.05, 0) is 20.3 Å². The predicted octanol–water partition coefficient (Wildman–Crippen LogP) is 3.41. The number of carbonyl (C=O) groups is 1. The van der Waals surface area contributed by atoms with Crippen molar-refractivity contribution in [2.75, 3.05) is 7.11 Å². The smallest absolute Gasteiger partial charge is 0.338 e. The first-order chi connectivity index (χ1) is 9.01. The van der Waals surface area contributed by atoms with Gasteiger partial charge in [-0.2, -0.15) is 0 Å². The van der Waals surface area contributed by atoms with Crippen molar-refractivity contribution >= 4 is 11.7 Å². The van der Waals surface area contributed by atoms with E-state index in [1.54, 1.807) is 7.11 Å². The summed E-state index contributed by atoms with van der Waals surface area (Å²) in [6.45, 7) is 5.96. The molecule has 0 N–H and O–H groups in total. The molecule has 1 aliphatic heterocycles. The summed E-state index contributed by atoms with van der Waals surface area (Å²) in [5.41, 5.74) is 1.09. The molecule has 3 nitrogen and oxygen atoms in total. The minimum absolute atomic E-state index is 0.0511. The maximum absolute atomic E-state index is 12.2. The topological polar surface area (TPSA) is 35.5 Å². The number of benzene rings is 1. The zero-order chi connectivity index (χ0) is 14.0. The van der Waals surface area contributed by atoms with Gasteiger partial charge in [0.05, 0.1) is 12.7 Å². The summed E-state index contributed by atoms with van der Waals surface area (Å²) in [5, 5.41) is 0. The van der Waals surface area contributed by atoms with Crippen molar-refractivity contribution < 1.29 is 14.3 Å². The van der Waals surface area contributed by atoms with E-state index in [0.29, 0.717) is 11.3 Å². The van der Waals surface area contributed by atoms with Crippen LogP contribution in [-0.4, -0.2) is 18.7 Å². The third-order valence-electron chi connectivity index (χ3n) is 3.66. The van der Waals surface area contributed by atoms with E-state index in [-0.39, 0.29) is 11.9 Å². The van der Waals surface area contributed by atoms with Crippen LogP contribution in [0.15, 0.2) is 35.9 Å². The average Bonchev–Trinajstić information content (AvgIpc) is 2.61. The Morgan fingerprint density at radius 3 is 2.47 bits per heavy atom. The Labute approximate surface area is 114 Å². The molecule has 1 unspecified atom stereocenters. The van der Waals surface area contributed by atoms with E-state index in [0.717, 1.165) is 12.0 Å². The Kier molecular flexibility index (Phi) is 3.65. The number of ether oxygens (including phenoxy) is 2. The lowest BCUT2D eigenvalue weighted by Crippen LogP contribution is -2.27. The van der Waals surface area contributed by atoms with Gasteiger partial charge in [-0.3, -0.25) is 0 Å². The van der Waals surface area contributed by atoms with Gasteiger partial charge in [0, 0.05) is 11.5 Å². The fourth-order valence-electron chi connectivity index (χ4n) is 2.77.